The van der Waals surface area contributed by atoms with Gasteiger partial charge in [-0.1, -0.05) is 6.92 Å². The molecule has 0 aliphatic carbocycles. The van der Waals surface area contributed by atoms with Gasteiger partial charge in [0.25, 0.3) is 0 Å². The van der Waals surface area contributed by atoms with E-state index in [4.69, 9.17) is 23.7 Å². The van der Waals surface area contributed by atoms with E-state index >= 15 is 0 Å². The molecule has 3 heterocycles. The van der Waals surface area contributed by atoms with Gasteiger partial charge in [0.15, 0.2) is 18.9 Å². The van der Waals surface area contributed by atoms with Gasteiger partial charge >= 0.3 is 0 Å². The van der Waals surface area contributed by atoms with E-state index in [1.165, 1.54) is 0 Å². The van der Waals surface area contributed by atoms with Crippen LogP contribution in [0.5, 0.6) is 0 Å². The van der Waals surface area contributed by atoms with Gasteiger partial charge in [-0.15, -0.1) is 0 Å². The fourth-order valence-electron chi connectivity index (χ4n) is 4.59. The zero-order valence-corrected chi connectivity index (χ0v) is 20.2. The third-order valence-corrected chi connectivity index (χ3v) is 6.76. The first-order chi connectivity index (χ1) is 17.6. The Kier molecular flexibility index (Phi) is 11.4. The number of aliphatic hydroxyl groups is 10. The molecule has 0 spiro atoms. The van der Waals surface area contributed by atoms with Gasteiger partial charge in [-0.3, -0.25) is 0 Å². The maximum atomic E-state index is 11.2. The van der Waals surface area contributed by atoms with Crippen molar-refractivity contribution in [1.29, 1.82) is 0 Å². The molecule has 218 valence electrons. The monoisotopic (exact) mass is 545 g/mol. The van der Waals surface area contributed by atoms with Crippen LogP contribution in [0.25, 0.3) is 0 Å². The maximum Gasteiger partial charge on any atom is 0.187 e. The number of rotatable bonds is 10. The first kappa shape index (κ1) is 30.9. The second-order valence-electron chi connectivity index (χ2n) is 9.32. The molecule has 0 unspecified atom stereocenters. The molecule has 15 atom stereocenters. The van der Waals surface area contributed by atoms with Crippen LogP contribution in [-0.4, -0.2) is 169 Å². The van der Waals surface area contributed by atoms with Crippen molar-refractivity contribution in [1.82, 2.24) is 5.32 Å². The van der Waals surface area contributed by atoms with E-state index in [1.54, 1.807) is 0 Å². The van der Waals surface area contributed by atoms with E-state index in [1.807, 2.05) is 6.92 Å². The predicted octanol–water partition coefficient (Wildman–Crippen LogP) is -6.57. The molecule has 16 nitrogen and oxygen atoms in total. The summed E-state index contributed by atoms with van der Waals surface area (Å²) in [4.78, 5) is 0. The van der Waals surface area contributed by atoms with Crippen LogP contribution in [0.15, 0.2) is 0 Å². The number of hydrogen-bond acceptors (Lipinski definition) is 16. The Morgan fingerprint density at radius 3 is 1.73 bits per heavy atom. The van der Waals surface area contributed by atoms with Crippen LogP contribution in [-0.2, 0) is 23.7 Å². The smallest absolute Gasteiger partial charge is 0.187 e. The molecule has 0 aromatic heterocycles. The highest BCUT2D eigenvalue weighted by atomic mass is 16.7. The van der Waals surface area contributed by atoms with Crippen molar-refractivity contribution in [2.24, 2.45) is 0 Å². The highest BCUT2D eigenvalue weighted by molar-refractivity contribution is 4.98. The molecule has 0 amide bonds. The summed E-state index contributed by atoms with van der Waals surface area (Å²) in [6.45, 7) is 0.0613. The van der Waals surface area contributed by atoms with Crippen LogP contribution in [0.1, 0.15) is 13.3 Å². The van der Waals surface area contributed by atoms with Crippen molar-refractivity contribution in [2.75, 3.05) is 26.4 Å². The Morgan fingerprint density at radius 2 is 1.14 bits per heavy atom. The standard InChI is InChI=1S/C21H39NO15/c1-2-3-22-10-13(28)17(36-21-16(31)14(29)11(26)8(5-24)34-21)9(6-25)35-20(10)37-18-15(30)12(27)7(4-23)33-19(18)32/h7-32H,2-6H2,1H3/t7-,8-,9-,10-,11+,12-,13-,14+,15+,16-,17-,18+,19+,20+,21+/m1/s1. The van der Waals surface area contributed by atoms with Gasteiger partial charge in [-0.05, 0) is 13.0 Å². The lowest BCUT2D eigenvalue weighted by Crippen LogP contribution is -2.69. The van der Waals surface area contributed by atoms with E-state index in [2.05, 4.69) is 5.32 Å². The first-order valence-electron chi connectivity index (χ1n) is 12.2. The fraction of sp³-hybridized carbons (Fsp3) is 1.00. The summed E-state index contributed by atoms with van der Waals surface area (Å²) < 4.78 is 27.6. The minimum Gasteiger partial charge on any atom is -0.394 e. The zero-order valence-electron chi connectivity index (χ0n) is 20.2. The summed E-state index contributed by atoms with van der Waals surface area (Å²) in [5.74, 6) is 0. The minimum atomic E-state index is -1.78. The van der Waals surface area contributed by atoms with Gasteiger partial charge in [-0.2, -0.15) is 0 Å². The second-order valence-corrected chi connectivity index (χ2v) is 9.32. The van der Waals surface area contributed by atoms with Crippen LogP contribution in [0, 0.1) is 0 Å². The Hall–Kier alpha value is -0.640. The molecule has 11 N–H and O–H groups in total. The summed E-state index contributed by atoms with van der Waals surface area (Å²) in [7, 11) is 0. The van der Waals surface area contributed by atoms with E-state index < -0.39 is 112 Å². The van der Waals surface area contributed by atoms with Crippen LogP contribution in [0.4, 0.5) is 0 Å². The molecule has 0 aromatic rings. The summed E-state index contributed by atoms with van der Waals surface area (Å²) >= 11 is 0. The third kappa shape index (κ3) is 6.58. The Morgan fingerprint density at radius 1 is 0.595 bits per heavy atom. The number of hydrogen-bond donors (Lipinski definition) is 11. The van der Waals surface area contributed by atoms with Gasteiger partial charge in [0.1, 0.15) is 67.1 Å². The number of nitrogens with one attached hydrogen (secondary N) is 1. The molecule has 37 heavy (non-hydrogen) atoms. The second kappa shape index (κ2) is 13.6. The van der Waals surface area contributed by atoms with E-state index in [9.17, 15) is 51.1 Å². The summed E-state index contributed by atoms with van der Waals surface area (Å²) in [6, 6.07) is -1.11. The van der Waals surface area contributed by atoms with Crippen LogP contribution in [0.3, 0.4) is 0 Å². The van der Waals surface area contributed by atoms with Crippen molar-refractivity contribution in [3.8, 4) is 0 Å². The molecule has 3 saturated heterocycles. The molecule has 0 bridgehead atoms. The lowest BCUT2D eigenvalue weighted by molar-refractivity contribution is -0.369. The normalized spacial score (nSPS) is 49.2. The summed E-state index contributed by atoms with van der Waals surface area (Å²) in [6.07, 6.45) is -21.0. The van der Waals surface area contributed by atoms with Crippen LogP contribution < -0.4 is 5.32 Å². The predicted molar refractivity (Wildman–Crippen MR) is 117 cm³/mol. The fourth-order valence-corrected chi connectivity index (χ4v) is 4.59. The lowest BCUT2D eigenvalue weighted by Gasteiger charge is -2.49. The highest BCUT2D eigenvalue weighted by Gasteiger charge is 2.53. The SMILES string of the molecule is CCCN[C@H]1[C@H](O[C@H]2[C@@H](O)[C@H](O)[C@@H](CO)O[C@@H]2O)O[C@H](CO)[C@@H](O[C@@H]2O[C@H](CO)[C@H](O)[C@H](O)[C@H]2O)[C@@H]1O. The molecule has 0 saturated carbocycles. The van der Waals surface area contributed by atoms with Gasteiger partial charge in [-0.25, -0.2) is 0 Å². The largest absolute Gasteiger partial charge is 0.394 e. The molecular weight excluding hydrogens is 506 g/mol. The van der Waals surface area contributed by atoms with E-state index in [0.29, 0.717) is 13.0 Å². The first-order valence-corrected chi connectivity index (χ1v) is 12.2. The third-order valence-electron chi connectivity index (χ3n) is 6.76. The van der Waals surface area contributed by atoms with Crippen molar-refractivity contribution < 1.29 is 74.7 Å². The molecule has 3 aliphatic heterocycles. The Balaban J connectivity index is 1.79. The van der Waals surface area contributed by atoms with Gasteiger partial charge in [0.2, 0.25) is 0 Å². The number of aliphatic hydroxyl groups excluding tert-OH is 10. The molecular formula is C21H39NO15. The summed E-state index contributed by atoms with van der Waals surface area (Å²) in [5, 5.41) is 104. The van der Waals surface area contributed by atoms with Gasteiger partial charge in [0, 0.05) is 0 Å². The van der Waals surface area contributed by atoms with Gasteiger partial charge < -0.3 is 80.1 Å². The Bertz CT molecular complexity index is 690. The van der Waals surface area contributed by atoms with Gasteiger partial charge in [0.05, 0.1) is 25.9 Å². The minimum absolute atomic E-state index is 0.336. The molecule has 3 aliphatic rings. The van der Waals surface area contributed by atoms with Crippen molar-refractivity contribution in [3.05, 3.63) is 0 Å². The van der Waals surface area contributed by atoms with E-state index in [-0.39, 0.29) is 0 Å². The zero-order chi connectivity index (χ0) is 27.4. The number of ether oxygens (including phenoxy) is 5. The highest BCUT2D eigenvalue weighted by Crippen LogP contribution is 2.32. The average molecular weight is 546 g/mol. The topological polar surface area (TPSA) is 260 Å². The molecule has 0 radical (unpaired) electrons. The quantitative estimate of drug-likeness (QED) is 0.122. The Labute approximate surface area is 212 Å². The van der Waals surface area contributed by atoms with Crippen molar-refractivity contribution in [3.63, 3.8) is 0 Å². The average Bonchev–Trinajstić information content (AvgIpc) is 2.89. The molecule has 3 rings (SSSR count). The summed E-state index contributed by atoms with van der Waals surface area (Å²) in [5.41, 5.74) is 0. The molecule has 3 fully saturated rings. The van der Waals surface area contributed by atoms with E-state index in [0.717, 1.165) is 0 Å². The van der Waals surface area contributed by atoms with Crippen molar-refractivity contribution >= 4 is 0 Å². The molecule has 16 heteroatoms. The van der Waals surface area contributed by atoms with Crippen molar-refractivity contribution in [2.45, 2.75) is 105 Å². The van der Waals surface area contributed by atoms with Crippen LogP contribution >= 0.6 is 0 Å². The maximum absolute atomic E-state index is 11.2. The van der Waals surface area contributed by atoms with Crippen LogP contribution in [0.2, 0.25) is 0 Å². The lowest BCUT2D eigenvalue weighted by atomic mass is 9.94. The molecule has 0 aromatic carbocycles.